The Morgan fingerprint density at radius 3 is 2.75 bits per heavy atom. The summed E-state index contributed by atoms with van der Waals surface area (Å²) in [4.78, 5) is 16.4. The van der Waals surface area contributed by atoms with Crippen LogP contribution in [0.15, 0.2) is 16.7 Å². The van der Waals surface area contributed by atoms with E-state index in [1.807, 2.05) is 13.8 Å². The van der Waals surface area contributed by atoms with Gasteiger partial charge in [-0.2, -0.15) is 0 Å². The molecule has 0 aliphatic heterocycles. The molecule has 0 unspecified atom stereocenters. The minimum absolute atomic E-state index is 0.0524. The standard InChI is InChI=1S/C10H13BrFN3O/c1-6(2)15(5-9(13)16)10-8(12)3-7(11)4-14-10/h3-4,6H,5H2,1-2H3,(H2,13,16). The van der Waals surface area contributed by atoms with E-state index in [0.717, 1.165) is 0 Å². The lowest BCUT2D eigenvalue weighted by molar-refractivity contribution is -0.116. The molecule has 0 spiro atoms. The van der Waals surface area contributed by atoms with Gasteiger partial charge in [-0.25, -0.2) is 9.37 Å². The zero-order chi connectivity index (χ0) is 12.3. The molecule has 0 fully saturated rings. The maximum absolute atomic E-state index is 13.6. The van der Waals surface area contributed by atoms with Crippen molar-refractivity contribution in [3.63, 3.8) is 0 Å². The Labute approximate surface area is 102 Å². The number of carbonyl (C=O) groups excluding carboxylic acids is 1. The molecule has 0 bridgehead atoms. The molecule has 2 N–H and O–H groups in total. The van der Waals surface area contributed by atoms with Gasteiger partial charge in [0.05, 0.1) is 6.54 Å². The van der Waals surface area contributed by atoms with Crippen LogP contribution in [0.5, 0.6) is 0 Å². The van der Waals surface area contributed by atoms with Crippen molar-refractivity contribution in [3.05, 3.63) is 22.6 Å². The fourth-order valence-electron chi connectivity index (χ4n) is 1.29. The number of anilines is 1. The van der Waals surface area contributed by atoms with E-state index in [9.17, 15) is 9.18 Å². The second-order valence-corrected chi connectivity index (χ2v) is 4.56. The van der Waals surface area contributed by atoms with Gasteiger partial charge in [-0.1, -0.05) is 0 Å². The van der Waals surface area contributed by atoms with E-state index in [-0.39, 0.29) is 18.4 Å². The maximum atomic E-state index is 13.6. The summed E-state index contributed by atoms with van der Waals surface area (Å²) in [5.74, 6) is -0.862. The summed E-state index contributed by atoms with van der Waals surface area (Å²) in [6, 6.07) is 1.24. The van der Waals surface area contributed by atoms with Gasteiger partial charge in [0, 0.05) is 16.7 Å². The number of aromatic nitrogens is 1. The first-order valence-corrected chi connectivity index (χ1v) is 5.57. The van der Waals surface area contributed by atoms with E-state index < -0.39 is 11.7 Å². The quantitative estimate of drug-likeness (QED) is 0.918. The number of halogens is 2. The fraction of sp³-hybridized carbons (Fsp3) is 0.400. The molecule has 0 saturated carbocycles. The molecule has 0 aliphatic carbocycles. The zero-order valence-corrected chi connectivity index (χ0v) is 10.7. The monoisotopic (exact) mass is 289 g/mol. The van der Waals surface area contributed by atoms with Crippen molar-refractivity contribution in [3.8, 4) is 0 Å². The van der Waals surface area contributed by atoms with Crippen LogP contribution in [0.1, 0.15) is 13.8 Å². The third kappa shape index (κ3) is 3.16. The Balaban J connectivity index is 3.05. The van der Waals surface area contributed by atoms with Crippen molar-refractivity contribution in [2.45, 2.75) is 19.9 Å². The summed E-state index contributed by atoms with van der Waals surface area (Å²) >= 11 is 3.12. The largest absolute Gasteiger partial charge is 0.368 e. The van der Waals surface area contributed by atoms with Crippen LogP contribution < -0.4 is 10.6 Å². The first kappa shape index (κ1) is 12.9. The molecule has 88 valence electrons. The lowest BCUT2D eigenvalue weighted by atomic mass is 10.3. The van der Waals surface area contributed by atoms with E-state index in [4.69, 9.17) is 5.73 Å². The van der Waals surface area contributed by atoms with Gasteiger partial charge in [0.25, 0.3) is 0 Å². The maximum Gasteiger partial charge on any atom is 0.237 e. The van der Waals surface area contributed by atoms with Crippen molar-refractivity contribution < 1.29 is 9.18 Å². The molecular weight excluding hydrogens is 277 g/mol. The highest BCUT2D eigenvalue weighted by Gasteiger charge is 2.18. The number of rotatable bonds is 4. The SMILES string of the molecule is CC(C)N(CC(N)=O)c1ncc(Br)cc1F. The molecule has 1 amide bonds. The van der Waals surface area contributed by atoms with Crippen LogP contribution in [-0.2, 0) is 4.79 Å². The Morgan fingerprint density at radius 2 is 2.31 bits per heavy atom. The average Bonchev–Trinajstić information content (AvgIpc) is 2.14. The van der Waals surface area contributed by atoms with E-state index >= 15 is 0 Å². The number of hydrogen-bond acceptors (Lipinski definition) is 3. The molecule has 1 heterocycles. The Bertz CT molecular complexity index is 398. The topological polar surface area (TPSA) is 59.2 Å². The van der Waals surface area contributed by atoms with Gasteiger partial charge in [0.2, 0.25) is 5.91 Å². The molecule has 0 saturated heterocycles. The number of amides is 1. The van der Waals surface area contributed by atoms with Crippen molar-refractivity contribution in [1.29, 1.82) is 0 Å². The molecule has 0 atom stereocenters. The molecule has 0 aliphatic rings. The lowest BCUT2D eigenvalue weighted by Crippen LogP contribution is -2.39. The van der Waals surface area contributed by atoms with Gasteiger partial charge in [-0.15, -0.1) is 0 Å². The smallest absolute Gasteiger partial charge is 0.237 e. The van der Waals surface area contributed by atoms with Crippen LogP contribution in [0.25, 0.3) is 0 Å². The van der Waals surface area contributed by atoms with Crippen LogP contribution in [0.4, 0.5) is 10.2 Å². The lowest BCUT2D eigenvalue weighted by Gasteiger charge is -2.26. The predicted octanol–water partition coefficient (Wildman–Crippen LogP) is 1.68. The second kappa shape index (κ2) is 5.25. The van der Waals surface area contributed by atoms with E-state index in [1.165, 1.54) is 17.2 Å². The van der Waals surface area contributed by atoms with Gasteiger partial charge in [-0.3, -0.25) is 4.79 Å². The normalized spacial score (nSPS) is 10.6. The summed E-state index contributed by atoms with van der Waals surface area (Å²) in [6.07, 6.45) is 1.48. The van der Waals surface area contributed by atoms with Gasteiger partial charge in [0.15, 0.2) is 11.6 Å². The highest BCUT2D eigenvalue weighted by molar-refractivity contribution is 9.10. The fourth-order valence-corrected chi connectivity index (χ4v) is 1.59. The highest BCUT2D eigenvalue weighted by Crippen LogP contribution is 2.21. The summed E-state index contributed by atoms with van der Waals surface area (Å²) < 4.78 is 14.2. The molecule has 16 heavy (non-hydrogen) atoms. The second-order valence-electron chi connectivity index (χ2n) is 3.65. The molecular formula is C10H13BrFN3O. The van der Waals surface area contributed by atoms with E-state index in [1.54, 1.807) is 0 Å². The van der Waals surface area contributed by atoms with Gasteiger partial charge < -0.3 is 10.6 Å². The number of pyridine rings is 1. The minimum atomic E-state index is -0.516. The Morgan fingerprint density at radius 1 is 1.69 bits per heavy atom. The molecule has 1 rings (SSSR count). The number of nitrogens with two attached hydrogens (primary N) is 1. The van der Waals surface area contributed by atoms with Crippen LogP contribution in [0.2, 0.25) is 0 Å². The van der Waals surface area contributed by atoms with Crippen molar-refractivity contribution >= 4 is 27.7 Å². The van der Waals surface area contributed by atoms with Crippen molar-refractivity contribution in [2.75, 3.05) is 11.4 Å². The van der Waals surface area contributed by atoms with Crippen LogP contribution in [-0.4, -0.2) is 23.5 Å². The molecule has 1 aromatic heterocycles. The van der Waals surface area contributed by atoms with Gasteiger partial charge >= 0.3 is 0 Å². The predicted molar refractivity (Wildman–Crippen MR) is 63.6 cm³/mol. The Hall–Kier alpha value is -1.17. The van der Waals surface area contributed by atoms with Crippen LogP contribution >= 0.6 is 15.9 Å². The summed E-state index contributed by atoms with van der Waals surface area (Å²) in [5, 5.41) is 0. The van der Waals surface area contributed by atoms with Gasteiger partial charge in [-0.05, 0) is 35.8 Å². The van der Waals surface area contributed by atoms with Crippen LogP contribution in [0, 0.1) is 5.82 Å². The van der Waals surface area contributed by atoms with Crippen molar-refractivity contribution in [2.24, 2.45) is 5.73 Å². The number of nitrogens with zero attached hydrogens (tertiary/aromatic N) is 2. The molecule has 0 radical (unpaired) electrons. The molecule has 1 aromatic rings. The number of hydrogen-bond donors (Lipinski definition) is 1. The number of primary amides is 1. The van der Waals surface area contributed by atoms with Crippen LogP contribution in [0.3, 0.4) is 0 Å². The summed E-state index contributed by atoms with van der Waals surface area (Å²) in [6.45, 7) is 3.63. The first-order chi connectivity index (χ1) is 7.41. The third-order valence-corrected chi connectivity index (χ3v) is 2.44. The van der Waals surface area contributed by atoms with Crippen molar-refractivity contribution in [1.82, 2.24) is 4.98 Å². The summed E-state index contributed by atoms with van der Waals surface area (Å²) in [7, 11) is 0. The van der Waals surface area contributed by atoms with E-state index in [0.29, 0.717) is 4.47 Å². The zero-order valence-electron chi connectivity index (χ0n) is 9.08. The van der Waals surface area contributed by atoms with E-state index in [2.05, 4.69) is 20.9 Å². The Kier molecular flexibility index (Phi) is 4.23. The molecule has 4 nitrogen and oxygen atoms in total. The molecule has 0 aromatic carbocycles. The average molecular weight is 290 g/mol. The summed E-state index contributed by atoms with van der Waals surface area (Å²) in [5.41, 5.74) is 5.11. The highest BCUT2D eigenvalue weighted by atomic mass is 79.9. The first-order valence-electron chi connectivity index (χ1n) is 4.77. The number of carbonyl (C=O) groups is 1. The molecule has 6 heteroatoms. The minimum Gasteiger partial charge on any atom is -0.368 e. The van der Waals surface area contributed by atoms with Gasteiger partial charge in [0.1, 0.15) is 0 Å². The third-order valence-electron chi connectivity index (χ3n) is 2.01.